The van der Waals surface area contributed by atoms with E-state index in [0.29, 0.717) is 23.8 Å². The van der Waals surface area contributed by atoms with Gasteiger partial charge in [-0.15, -0.1) is 0 Å². The van der Waals surface area contributed by atoms with E-state index < -0.39 is 0 Å². The number of alkyl halides is 1. The van der Waals surface area contributed by atoms with Crippen LogP contribution in [0.4, 0.5) is 0 Å². The first kappa shape index (κ1) is 11.4. The molecule has 2 bridgehead atoms. The highest BCUT2D eigenvalue weighted by molar-refractivity contribution is 9.09. The van der Waals surface area contributed by atoms with E-state index >= 15 is 0 Å². The Balaban J connectivity index is 1.86. The maximum absolute atomic E-state index is 12.0. The zero-order chi connectivity index (χ0) is 10.8. The van der Waals surface area contributed by atoms with Gasteiger partial charge in [-0.3, -0.25) is 4.79 Å². The predicted molar refractivity (Wildman–Crippen MR) is 65.0 cm³/mol. The molecule has 4 unspecified atom stereocenters. The number of rotatable bonds is 4. The van der Waals surface area contributed by atoms with E-state index in [1.54, 1.807) is 0 Å². The van der Waals surface area contributed by atoms with Gasteiger partial charge in [0.15, 0.2) is 0 Å². The molecule has 0 aromatic carbocycles. The molecule has 2 aliphatic rings. The van der Waals surface area contributed by atoms with Crippen molar-refractivity contribution in [2.75, 3.05) is 5.33 Å². The molecule has 1 amide bonds. The Kier molecular flexibility index (Phi) is 3.70. The molecule has 2 fully saturated rings. The minimum Gasteiger partial charge on any atom is -0.352 e. The van der Waals surface area contributed by atoms with Gasteiger partial charge in [0.05, 0.1) is 0 Å². The van der Waals surface area contributed by atoms with E-state index in [-0.39, 0.29) is 0 Å². The van der Waals surface area contributed by atoms with E-state index in [0.717, 1.165) is 24.1 Å². The number of fused-ring (bicyclic) bond motifs is 2. The standard InChI is InChI=1S/C12H20BrNO/c1-2-10(7-13)14-12(15)11-6-8-3-4-9(11)5-8/h8-11H,2-7H2,1H3,(H,14,15). The fourth-order valence-electron chi connectivity index (χ4n) is 3.12. The summed E-state index contributed by atoms with van der Waals surface area (Å²) < 4.78 is 0. The van der Waals surface area contributed by atoms with Crippen molar-refractivity contribution in [1.29, 1.82) is 0 Å². The normalized spacial score (nSPS) is 35.5. The van der Waals surface area contributed by atoms with Crippen LogP contribution in [0.15, 0.2) is 0 Å². The highest BCUT2D eigenvalue weighted by Crippen LogP contribution is 2.48. The smallest absolute Gasteiger partial charge is 0.223 e. The van der Waals surface area contributed by atoms with Gasteiger partial charge in [-0.1, -0.05) is 29.3 Å². The first-order valence-corrected chi connectivity index (χ1v) is 7.23. The highest BCUT2D eigenvalue weighted by atomic mass is 79.9. The summed E-state index contributed by atoms with van der Waals surface area (Å²) in [6.45, 7) is 2.12. The third kappa shape index (κ3) is 2.38. The molecule has 1 N–H and O–H groups in total. The number of carbonyl (C=O) groups excluding carboxylic acids is 1. The number of hydrogen-bond donors (Lipinski definition) is 1. The van der Waals surface area contributed by atoms with E-state index in [1.807, 2.05) is 0 Å². The lowest BCUT2D eigenvalue weighted by Gasteiger charge is -2.23. The summed E-state index contributed by atoms with van der Waals surface area (Å²) in [6.07, 6.45) is 6.12. The van der Waals surface area contributed by atoms with Crippen LogP contribution in [0.1, 0.15) is 39.0 Å². The van der Waals surface area contributed by atoms with Crippen molar-refractivity contribution in [3.8, 4) is 0 Å². The van der Waals surface area contributed by atoms with Crippen molar-refractivity contribution in [2.45, 2.75) is 45.1 Å². The number of halogens is 1. The lowest BCUT2D eigenvalue weighted by atomic mass is 9.88. The molecule has 3 heteroatoms. The Bertz CT molecular complexity index is 240. The molecule has 4 atom stereocenters. The minimum absolute atomic E-state index is 0.313. The summed E-state index contributed by atoms with van der Waals surface area (Å²) in [6, 6.07) is 0.316. The fourth-order valence-corrected chi connectivity index (χ4v) is 3.74. The molecular formula is C12H20BrNO. The van der Waals surface area contributed by atoms with E-state index in [9.17, 15) is 4.79 Å². The Morgan fingerprint density at radius 2 is 2.27 bits per heavy atom. The van der Waals surface area contributed by atoms with Crippen LogP contribution in [0, 0.1) is 17.8 Å². The van der Waals surface area contributed by atoms with Crippen LogP contribution in [0.2, 0.25) is 0 Å². The molecule has 0 saturated heterocycles. The third-order valence-corrected chi connectivity index (χ3v) is 4.88. The van der Waals surface area contributed by atoms with Gasteiger partial charge < -0.3 is 5.32 Å². The maximum atomic E-state index is 12.0. The van der Waals surface area contributed by atoms with Crippen molar-refractivity contribution in [1.82, 2.24) is 5.32 Å². The topological polar surface area (TPSA) is 29.1 Å². The van der Waals surface area contributed by atoms with Crippen LogP contribution in [-0.4, -0.2) is 17.3 Å². The highest BCUT2D eigenvalue weighted by Gasteiger charge is 2.43. The lowest BCUT2D eigenvalue weighted by Crippen LogP contribution is -2.41. The molecule has 0 aromatic heterocycles. The van der Waals surface area contributed by atoms with E-state index in [1.165, 1.54) is 19.3 Å². The zero-order valence-corrected chi connectivity index (χ0v) is 10.9. The van der Waals surface area contributed by atoms with Crippen LogP contribution in [-0.2, 0) is 4.79 Å². The van der Waals surface area contributed by atoms with Crippen molar-refractivity contribution in [3.05, 3.63) is 0 Å². The van der Waals surface area contributed by atoms with Crippen LogP contribution < -0.4 is 5.32 Å². The van der Waals surface area contributed by atoms with Crippen LogP contribution in [0.5, 0.6) is 0 Å². The van der Waals surface area contributed by atoms with Gasteiger partial charge in [-0.2, -0.15) is 0 Å². The molecule has 0 spiro atoms. The van der Waals surface area contributed by atoms with Gasteiger partial charge in [0, 0.05) is 17.3 Å². The summed E-state index contributed by atoms with van der Waals surface area (Å²) in [5.41, 5.74) is 0. The van der Waals surface area contributed by atoms with Gasteiger partial charge in [-0.25, -0.2) is 0 Å². The van der Waals surface area contributed by atoms with Crippen LogP contribution in [0.25, 0.3) is 0 Å². The summed E-state index contributed by atoms with van der Waals surface area (Å²) in [5, 5.41) is 4.03. The number of nitrogens with one attached hydrogen (secondary N) is 1. The molecule has 0 aromatic rings. The van der Waals surface area contributed by atoms with Crippen molar-refractivity contribution < 1.29 is 4.79 Å². The summed E-state index contributed by atoms with van der Waals surface area (Å²) in [5.74, 6) is 2.20. The molecule has 2 aliphatic carbocycles. The fraction of sp³-hybridized carbons (Fsp3) is 0.917. The van der Waals surface area contributed by atoms with Gasteiger partial charge in [0.1, 0.15) is 0 Å². The Morgan fingerprint density at radius 3 is 2.73 bits per heavy atom. The minimum atomic E-state index is 0.313. The van der Waals surface area contributed by atoms with Gasteiger partial charge in [0.2, 0.25) is 5.91 Å². The molecule has 0 aliphatic heterocycles. The van der Waals surface area contributed by atoms with Crippen molar-refractivity contribution in [2.24, 2.45) is 17.8 Å². The van der Waals surface area contributed by atoms with Gasteiger partial charge in [0.25, 0.3) is 0 Å². The molecule has 2 rings (SSSR count). The van der Waals surface area contributed by atoms with Crippen molar-refractivity contribution >= 4 is 21.8 Å². The first-order chi connectivity index (χ1) is 7.24. The second-order valence-corrected chi connectivity index (χ2v) is 5.70. The Hall–Kier alpha value is -0.0500. The summed E-state index contributed by atoms with van der Waals surface area (Å²) >= 11 is 3.44. The molecular weight excluding hydrogens is 254 g/mol. The predicted octanol–water partition coefficient (Wildman–Crippen LogP) is 2.71. The molecule has 2 nitrogen and oxygen atoms in total. The number of hydrogen-bond acceptors (Lipinski definition) is 1. The number of carbonyl (C=O) groups is 1. The Morgan fingerprint density at radius 1 is 1.47 bits per heavy atom. The zero-order valence-electron chi connectivity index (χ0n) is 9.34. The molecule has 0 radical (unpaired) electrons. The Labute approximate surface area is 100 Å². The summed E-state index contributed by atoms with van der Waals surface area (Å²) in [7, 11) is 0. The second-order valence-electron chi connectivity index (χ2n) is 5.05. The quantitative estimate of drug-likeness (QED) is 0.785. The molecule has 86 valence electrons. The average molecular weight is 274 g/mol. The largest absolute Gasteiger partial charge is 0.352 e. The SMILES string of the molecule is CCC(CBr)NC(=O)C1CC2CCC1C2. The van der Waals surface area contributed by atoms with Gasteiger partial charge in [-0.05, 0) is 37.5 Å². The average Bonchev–Trinajstić information content (AvgIpc) is 2.87. The first-order valence-electron chi connectivity index (χ1n) is 6.11. The number of amides is 1. The van der Waals surface area contributed by atoms with Crippen molar-refractivity contribution in [3.63, 3.8) is 0 Å². The third-order valence-electron chi connectivity index (χ3n) is 4.10. The summed E-state index contributed by atoms with van der Waals surface area (Å²) in [4.78, 5) is 12.0. The molecule has 0 heterocycles. The van der Waals surface area contributed by atoms with E-state index in [4.69, 9.17) is 0 Å². The lowest BCUT2D eigenvalue weighted by molar-refractivity contribution is -0.127. The van der Waals surface area contributed by atoms with Gasteiger partial charge >= 0.3 is 0 Å². The second kappa shape index (κ2) is 4.86. The monoisotopic (exact) mass is 273 g/mol. The molecule has 2 saturated carbocycles. The molecule has 15 heavy (non-hydrogen) atoms. The maximum Gasteiger partial charge on any atom is 0.223 e. The van der Waals surface area contributed by atoms with Crippen LogP contribution >= 0.6 is 15.9 Å². The van der Waals surface area contributed by atoms with Crippen LogP contribution in [0.3, 0.4) is 0 Å². The van der Waals surface area contributed by atoms with E-state index in [2.05, 4.69) is 28.2 Å².